The Morgan fingerprint density at radius 2 is 1.70 bits per heavy atom. The van der Waals surface area contributed by atoms with E-state index in [2.05, 4.69) is 24.2 Å². The highest BCUT2D eigenvalue weighted by Gasteiger charge is 2.46. The third kappa shape index (κ3) is 4.31. The second-order valence-electron chi connectivity index (χ2n) is 7.33. The van der Waals surface area contributed by atoms with Crippen LogP contribution in [0.15, 0.2) is 0 Å². The molecule has 0 aromatic rings. The molecular formula is C14H27NO4Si. The molecule has 0 aromatic heterocycles. The number of ether oxygens (including phenoxy) is 2. The molecule has 20 heavy (non-hydrogen) atoms. The van der Waals surface area contributed by atoms with Gasteiger partial charge in [-0.3, -0.25) is 9.59 Å². The van der Waals surface area contributed by atoms with E-state index in [0.717, 1.165) is 0 Å². The van der Waals surface area contributed by atoms with E-state index < -0.39 is 13.8 Å². The van der Waals surface area contributed by atoms with Gasteiger partial charge in [0.15, 0.2) is 0 Å². The van der Waals surface area contributed by atoms with Gasteiger partial charge in [0.25, 0.3) is 0 Å². The predicted molar refractivity (Wildman–Crippen MR) is 79.8 cm³/mol. The van der Waals surface area contributed by atoms with Gasteiger partial charge in [-0.15, -0.1) is 0 Å². The van der Waals surface area contributed by atoms with E-state index in [1.807, 2.05) is 20.8 Å². The van der Waals surface area contributed by atoms with Crippen molar-refractivity contribution in [2.45, 2.75) is 58.5 Å². The quantitative estimate of drug-likeness (QED) is 0.590. The van der Waals surface area contributed by atoms with Crippen molar-refractivity contribution >= 4 is 20.2 Å². The zero-order valence-electron chi connectivity index (χ0n) is 13.6. The molecule has 0 radical (unpaired) electrons. The van der Waals surface area contributed by atoms with Crippen LogP contribution in [0.25, 0.3) is 0 Å². The minimum Gasteiger partial charge on any atom is -0.469 e. The molecule has 1 rings (SSSR count). The normalized spacial score (nSPS) is 24.6. The topological polar surface area (TPSA) is 55.8 Å². The van der Waals surface area contributed by atoms with Crippen LogP contribution in [0.1, 0.15) is 27.2 Å². The first kappa shape index (κ1) is 17.2. The Bertz CT molecular complexity index is 384. The van der Waals surface area contributed by atoms with E-state index in [1.54, 1.807) is 0 Å². The largest absolute Gasteiger partial charge is 0.469 e. The highest BCUT2D eigenvalue weighted by molar-refractivity contribution is 6.73. The number of carbonyl (C=O) groups is 2. The molecule has 0 saturated carbocycles. The number of rotatable bonds is 3. The average Bonchev–Trinajstić information content (AvgIpc) is 2.70. The highest BCUT2D eigenvalue weighted by atomic mass is 28.3. The van der Waals surface area contributed by atoms with Gasteiger partial charge in [0.05, 0.1) is 13.0 Å². The summed E-state index contributed by atoms with van der Waals surface area (Å²) >= 11 is 0. The van der Waals surface area contributed by atoms with Crippen LogP contribution in [0.3, 0.4) is 0 Å². The summed E-state index contributed by atoms with van der Waals surface area (Å²) in [7, 11) is -0.310. The van der Waals surface area contributed by atoms with Crippen molar-refractivity contribution in [1.82, 2.24) is 4.57 Å². The van der Waals surface area contributed by atoms with E-state index in [9.17, 15) is 9.59 Å². The van der Waals surface area contributed by atoms with Gasteiger partial charge in [-0.05, 0) is 27.2 Å². The Labute approximate surface area is 122 Å². The van der Waals surface area contributed by atoms with Gasteiger partial charge in [0.2, 0.25) is 0 Å². The molecule has 1 aliphatic rings. The summed E-state index contributed by atoms with van der Waals surface area (Å²) in [5.74, 6) is -0.699. The molecule has 1 fully saturated rings. The minimum atomic E-state index is -1.70. The Balaban J connectivity index is 2.90. The molecule has 0 N–H and O–H groups in total. The SMILES string of the molecule is COC(=O)C1CC(C(=O)OC(C)(C)C)N([Si](C)(C)C)C1. The molecule has 2 atom stereocenters. The Kier molecular flexibility index (Phi) is 5.02. The lowest BCUT2D eigenvalue weighted by Crippen LogP contribution is -2.52. The fourth-order valence-electron chi connectivity index (χ4n) is 2.51. The highest BCUT2D eigenvalue weighted by Crippen LogP contribution is 2.31. The average molecular weight is 301 g/mol. The van der Waals surface area contributed by atoms with Gasteiger partial charge in [0, 0.05) is 6.54 Å². The van der Waals surface area contributed by atoms with E-state index >= 15 is 0 Å². The second kappa shape index (κ2) is 5.85. The third-order valence-corrected chi connectivity index (χ3v) is 5.59. The number of hydrogen-bond acceptors (Lipinski definition) is 5. The van der Waals surface area contributed by atoms with Crippen LogP contribution in [-0.2, 0) is 19.1 Å². The fraction of sp³-hybridized carbons (Fsp3) is 0.857. The minimum absolute atomic E-state index is 0.230. The van der Waals surface area contributed by atoms with Crippen LogP contribution in [0, 0.1) is 5.92 Å². The van der Waals surface area contributed by atoms with Crippen LogP contribution in [-0.4, -0.2) is 50.0 Å². The van der Waals surface area contributed by atoms with Crippen molar-refractivity contribution in [3.63, 3.8) is 0 Å². The summed E-state index contributed by atoms with van der Waals surface area (Å²) in [5, 5.41) is 0. The summed E-state index contributed by atoms with van der Waals surface area (Å²) in [6, 6.07) is -0.329. The molecule has 1 heterocycles. The Morgan fingerprint density at radius 3 is 2.10 bits per heavy atom. The van der Waals surface area contributed by atoms with Crippen LogP contribution >= 0.6 is 0 Å². The first-order valence-electron chi connectivity index (χ1n) is 7.03. The van der Waals surface area contributed by atoms with Crippen LogP contribution in [0.4, 0.5) is 0 Å². The zero-order chi connectivity index (χ0) is 15.7. The van der Waals surface area contributed by atoms with Gasteiger partial charge >= 0.3 is 11.9 Å². The number of nitrogens with zero attached hydrogens (tertiary/aromatic N) is 1. The smallest absolute Gasteiger partial charge is 0.323 e. The molecule has 0 aromatic carbocycles. The number of carbonyl (C=O) groups excluding carboxylic acids is 2. The maximum Gasteiger partial charge on any atom is 0.323 e. The van der Waals surface area contributed by atoms with Gasteiger partial charge in [-0.1, -0.05) is 19.6 Å². The van der Waals surface area contributed by atoms with Gasteiger partial charge in [-0.2, -0.15) is 0 Å². The zero-order valence-corrected chi connectivity index (χ0v) is 14.6. The first-order chi connectivity index (χ1) is 8.95. The van der Waals surface area contributed by atoms with Crippen LogP contribution in [0.5, 0.6) is 0 Å². The molecule has 0 spiro atoms. The summed E-state index contributed by atoms with van der Waals surface area (Å²) in [4.78, 5) is 24.1. The van der Waals surface area contributed by atoms with Crippen molar-refractivity contribution in [2.75, 3.05) is 13.7 Å². The van der Waals surface area contributed by atoms with Crippen LogP contribution < -0.4 is 0 Å². The van der Waals surface area contributed by atoms with Crippen LogP contribution in [0.2, 0.25) is 19.6 Å². The third-order valence-electron chi connectivity index (χ3n) is 3.38. The maximum absolute atomic E-state index is 12.4. The van der Waals surface area contributed by atoms with E-state index in [1.165, 1.54) is 7.11 Å². The molecule has 5 nitrogen and oxygen atoms in total. The molecule has 0 bridgehead atoms. The summed E-state index contributed by atoms with van der Waals surface area (Å²) in [5.41, 5.74) is -0.508. The maximum atomic E-state index is 12.4. The molecule has 0 amide bonds. The molecule has 2 unspecified atom stereocenters. The molecule has 1 aliphatic heterocycles. The lowest BCUT2D eigenvalue weighted by molar-refractivity contribution is -0.159. The van der Waals surface area contributed by atoms with E-state index in [-0.39, 0.29) is 23.9 Å². The molecule has 0 aliphatic carbocycles. The van der Waals surface area contributed by atoms with Crippen molar-refractivity contribution in [1.29, 1.82) is 0 Å². The summed E-state index contributed by atoms with van der Waals surface area (Å²) in [6.07, 6.45) is 0.492. The number of hydrogen-bond donors (Lipinski definition) is 0. The summed E-state index contributed by atoms with van der Waals surface area (Å²) in [6.45, 7) is 12.7. The molecule has 6 heteroatoms. The van der Waals surface area contributed by atoms with Crippen molar-refractivity contribution < 1.29 is 19.1 Å². The Morgan fingerprint density at radius 1 is 1.15 bits per heavy atom. The molecule has 1 saturated heterocycles. The lowest BCUT2D eigenvalue weighted by Gasteiger charge is -2.35. The van der Waals surface area contributed by atoms with Crippen molar-refractivity contribution in [3.8, 4) is 0 Å². The number of esters is 2. The van der Waals surface area contributed by atoms with Gasteiger partial charge in [-0.25, -0.2) is 0 Å². The lowest BCUT2D eigenvalue weighted by atomic mass is 10.1. The number of methoxy groups -OCH3 is 1. The summed E-state index contributed by atoms with van der Waals surface area (Å²) < 4.78 is 12.5. The van der Waals surface area contributed by atoms with E-state index in [0.29, 0.717) is 13.0 Å². The predicted octanol–water partition coefficient (Wildman–Crippen LogP) is 2.03. The Hall–Kier alpha value is -0.883. The molecular weight excluding hydrogens is 274 g/mol. The monoisotopic (exact) mass is 301 g/mol. The standard InChI is InChI=1S/C14H27NO4Si/c1-14(2,3)19-13(17)11-8-10(12(16)18-4)9-15(11)20(5,6)7/h10-11H,8-9H2,1-7H3. The van der Waals surface area contributed by atoms with Gasteiger partial charge in [0.1, 0.15) is 19.9 Å². The van der Waals surface area contributed by atoms with Gasteiger partial charge < -0.3 is 14.0 Å². The first-order valence-corrected chi connectivity index (χ1v) is 10.5. The second-order valence-corrected chi connectivity index (χ2v) is 12.2. The fourth-order valence-corrected chi connectivity index (χ4v) is 4.42. The van der Waals surface area contributed by atoms with E-state index in [4.69, 9.17) is 9.47 Å². The molecule has 116 valence electrons. The van der Waals surface area contributed by atoms with Crippen molar-refractivity contribution in [2.24, 2.45) is 5.92 Å². The van der Waals surface area contributed by atoms with Crippen molar-refractivity contribution in [3.05, 3.63) is 0 Å².